The molecule has 0 radical (unpaired) electrons. The first kappa shape index (κ1) is 22.0. The predicted octanol–water partition coefficient (Wildman–Crippen LogP) is 3.78. The Balaban J connectivity index is 3.05. The monoisotopic (exact) mass is 386 g/mol. The normalized spacial score (nSPS) is 12.1. The van der Waals surface area contributed by atoms with Crippen LogP contribution in [0.1, 0.15) is 20.8 Å². The molecule has 0 aliphatic heterocycles. The summed E-state index contributed by atoms with van der Waals surface area (Å²) in [6.07, 6.45) is 4.46. The number of rotatable bonds is 8. The van der Waals surface area contributed by atoms with Gasteiger partial charge in [-0.05, 0) is 44.1 Å². The molecule has 0 saturated heterocycles. The molecule has 1 aromatic rings. The molecule has 0 amide bonds. The van der Waals surface area contributed by atoms with Gasteiger partial charge < -0.3 is 10.1 Å². The van der Waals surface area contributed by atoms with Gasteiger partial charge in [0.05, 0.1) is 22.5 Å². The first-order valence-electron chi connectivity index (χ1n) is 8.03. The smallest absolute Gasteiger partial charge is 0.348 e. The van der Waals surface area contributed by atoms with Crippen molar-refractivity contribution in [2.24, 2.45) is 0 Å². The fourth-order valence-electron chi connectivity index (χ4n) is 2.11. The maximum atomic E-state index is 11.6. The lowest BCUT2D eigenvalue weighted by Crippen LogP contribution is -2.06. The molecule has 0 aromatic heterocycles. The van der Waals surface area contributed by atoms with Crippen molar-refractivity contribution in [1.29, 1.82) is 5.26 Å². The lowest BCUT2D eigenvalue weighted by Gasteiger charge is -2.04. The molecule has 0 aliphatic rings. The largest absolute Gasteiger partial charge is 0.462 e. The Hall–Kier alpha value is -4.00. The summed E-state index contributed by atoms with van der Waals surface area (Å²) in [5, 5.41) is 33.6. The van der Waals surface area contributed by atoms with Crippen molar-refractivity contribution in [2.75, 3.05) is 11.9 Å². The molecule has 0 atom stereocenters. The summed E-state index contributed by atoms with van der Waals surface area (Å²) < 4.78 is 4.77. The van der Waals surface area contributed by atoms with Crippen molar-refractivity contribution < 1.29 is 19.4 Å². The van der Waals surface area contributed by atoms with E-state index >= 15 is 0 Å². The summed E-state index contributed by atoms with van der Waals surface area (Å²) in [6.45, 7) is 5.14. The van der Waals surface area contributed by atoms with E-state index in [1.807, 2.05) is 0 Å². The third-order valence-electron chi connectivity index (χ3n) is 3.29. The summed E-state index contributed by atoms with van der Waals surface area (Å²) in [6, 6.07) is 5.03. The number of esters is 1. The van der Waals surface area contributed by atoms with Crippen LogP contribution in [0.5, 0.6) is 0 Å². The van der Waals surface area contributed by atoms with Crippen LogP contribution in [0.2, 0.25) is 0 Å². The van der Waals surface area contributed by atoms with Gasteiger partial charge in [0.1, 0.15) is 17.3 Å². The molecule has 0 aliphatic carbocycles. The number of nitro groups is 2. The third-order valence-corrected chi connectivity index (χ3v) is 3.29. The maximum absolute atomic E-state index is 11.6. The van der Waals surface area contributed by atoms with Gasteiger partial charge in [0, 0.05) is 12.3 Å². The van der Waals surface area contributed by atoms with E-state index in [1.54, 1.807) is 32.9 Å². The molecule has 28 heavy (non-hydrogen) atoms. The summed E-state index contributed by atoms with van der Waals surface area (Å²) in [5.41, 5.74) is 0.318. The fraction of sp³-hybridized carbons (Fsp3) is 0.222. The number of ether oxygens (including phenoxy) is 1. The third kappa shape index (κ3) is 6.38. The zero-order valence-electron chi connectivity index (χ0n) is 15.5. The highest BCUT2D eigenvalue weighted by molar-refractivity contribution is 5.93. The number of carbonyl (C=O) groups excluding carboxylic acids is 1. The Kier molecular flexibility index (Phi) is 8.05. The van der Waals surface area contributed by atoms with Crippen LogP contribution in [0.25, 0.3) is 0 Å². The Morgan fingerprint density at radius 1 is 1.21 bits per heavy atom. The van der Waals surface area contributed by atoms with Crippen molar-refractivity contribution >= 4 is 23.0 Å². The number of carbonyl (C=O) groups is 1. The van der Waals surface area contributed by atoms with Crippen LogP contribution in [0, 0.1) is 31.6 Å². The average Bonchev–Trinajstić information content (AvgIpc) is 2.64. The molecule has 1 aromatic carbocycles. The van der Waals surface area contributed by atoms with Crippen LogP contribution in [0.3, 0.4) is 0 Å². The highest BCUT2D eigenvalue weighted by Crippen LogP contribution is 2.29. The zero-order valence-corrected chi connectivity index (χ0v) is 15.5. The molecule has 10 nitrogen and oxygen atoms in total. The standard InChI is InChI=1S/C18H18N4O6/c1-4-28-18(23)14(10-19)8-12(2)7-13(3)11-20-16-6-5-15(21(24)25)9-17(16)22(26)27/h5-9,11,20H,4H2,1-3H3/b12-7-,13-11-,14-8-. The van der Waals surface area contributed by atoms with Crippen LogP contribution in [0.4, 0.5) is 17.1 Å². The van der Waals surface area contributed by atoms with Gasteiger partial charge in [-0.3, -0.25) is 20.2 Å². The Bertz CT molecular complexity index is 924. The van der Waals surface area contributed by atoms with Crippen LogP contribution in [-0.2, 0) is 9.53 Å². The topological polar surface area (TPSA) is 148 Å². The number of nitro benzene ring substituents is 2. The second kappa shape index (κ2) is 10.2. The molecule has 0 fully saturated rings. The first-order valence-corrected chi connectivity index (χ1v) is 8.03. The van der Waals surface area contributed by atoms with E-state index < -0.39 is 21.5 Å². The summed E-state index contributed by atoms with van der Waals surface area (Å²) in [4.78, 5) is 32.0. The molecular weight excluding hydrogens is 368 g/mol. The molecule has 146 valence electrons. The maximum Gasteiger partial charge on any atom is 0.348 e. The molecule has 1 rings (SSSR count). The van der Waals surface area contributed by atoms with E-state index in [1.165, 1.54) is 18.3 Å². The molecule has 0 unspecified atom stereocenters. The van der Waals surface area contributed by atoms with Crippen LogP contribution in [-0.4, -0.2) is 22.4 Å². The first-order chi connectivity index (χ1) is 13.2. The van der Waals surface area contributed by atoms with Crippen molar-refractivity contribution in [2.45, 2.75) is 20.8 Å². The molecule has 0 saturated carbocycles. The number of non-ortho nitro benzene ring substituents is 1. The van der Waals surface area contributed by atoms with E-state index in [4.69, 9.17) is 10.00 Å². The van der Waals surface area contributed by atoms with E-state index in [9.17, 15) is 25.0 Å². The highest BCUT2D eigenvalue weighted by atomic mass is 16.6. The van der Waals surface area contributed by atoms with Gasteiger partial charge in [-0.1, -0.05) is 6.08 Å². The minimum Gasteiger partial charge on any atom is -0.462 e. The van der Waals surface area contributed by atoms with Gasteiger partial charge in [0.25, 0.3) is 11.4 Å². The lowest BCUT2D eigenvalue weighted by molar-refractivity contribution is -0.393. The number of nitrogens with one attached hydrogen (secondary N) is 1. The summed E-state index contributed by atoms with van der Waals surface area (Å²) in [5.74, 6) is -0.723. The number of hydrogen-bond donors (Lipinski definition) is 1. The van der Waals surface area contributed by atoms with Gasteiger partial charge in [0.2, 0.25) is 0 Å². The second-order valence-corrected chi connectivity index (χ2v) is 5.53. The Morgan fingerprint density at radius 3 is 2.43 bits per heavy atom. The number of nitriles is 1. The van der Waals surface area contributed by atoms with Crippen molar-refractivity contribution in [3.05, 3.63) is 73.5 Å². The zero-order chi connectivity index (χ0) is 21.3. The number of allylic oxidation sites excluding steroid dienone is 4. The lowest BCUT2D eigenvalue weighted by atomic mass is 10.1. The van der Waals surface area contributed by atoms with E-state index in [-0.39, 0.29) is 23.6 Å². The van der Waals surface area contributed by atoms with Gasteiger partial charge in [-0.2, -0.15) is 5.26 Å². The molecule has 0 bridgehead atoms. The minimum absolute atomic E-state index is 0.0841. The molecule has 0 heterocycles. The summed E-state index contributed by atoms with van der Waals surface area (Å²) >= 11 is 0. The van der Waals surface area contributed by atoms with Crippen LogP contribution in [0.15, 0.2) is 53.3 Å². The molecule has 0 spiro atoms. The SMILES string of the molecule is CCOC(=O)\C(C#N)=C/C(C)=C\C(C)=C/Nc1ccc([N+](=O)[O-])cc1[N+](=O)[O-]. The average molecular weight is 386 g/mol. The van der Waals surface area contributed by atoms with Crippen molar-refractivity contribution in [3.63, 3.8) is 0 Å². The molecule has 10 heteroatoms. The van der Waals surface area contributed by atoms with E-state index in [0.717, 1.165) is 12.1 Å². The Labute approximate surface area is 160 Å². The highest BCUT2D eigenvalue weighted by Gasteiger charge is 2.18. The molecule has 1 N–H and O–H groups in total. The van der Waals surface area contributed by atoms with Gasteiger partial charge in [0.15, 0.2) is 0 Å². The summed E-state index contributed by atoms with van der Waals surface area (Å²) in [7, 11) is 0. The predicted molar refractivity (Wildman–Crippen MR) is 101 cm³/mol. The fourth-order valence-corrected chi connectivity index (χ4v) is 2.11. The van der Waals surface area contributed by atoms with Gasteiger partial charge in [-0.15, -0.1) is 0 Å². The number of anilines is 1. The van der Waals surface area contributed by atoms with Crippen LogP contribution < -0.4 is 5.32 Å². The van der Waals surface area contributed by atoms with Crippen molar-refractivity contribution in [3.8, 4) is 6.07 Å². The Morgan fingerprint density at radius 2 is 1.89 bits per heavy atom. The quantitative estimate of drug-likeness (QED) is 0.177. The van der Waals surface area contributed by atoms with E-state index in [0.29, 0.717) is 11.1 Å². The molecular formula is C18H18N4O6. The number of hydrogen-bond acceptors (Lipinski definition) is 8. The van der Waals surface area contributed by atoms with E-state index in [2.05, 4.69) is 5.32 Å². The number of benzene rings is 1. The van der Waals surface area contributed by atoms with Gasteiger partial charge >= 0.3 is 5.97 Å². The van der Waals surface area contributed by atoms with Crippen LogP contribution >= 0.6 is 0 Å². The minimum atomic E-state index is -0.723. The van der Waals surface area contributed by atoms with Crippen molar-refractivity contribution in [1.82, 2.24) is 0 Å². The number of nitrogens with zero attached hydrogens (tertiary/aromatic N) is 3. The van der Waals surface area contributed by atoms with Gasteiger partial charge in [-0.25, -0.2) is 4.79 Å². The second-order valence-electron chi connectivity index (χ2n) is 5.53.